The number of para-hydroxylation sites is 1. The van der Waals surface area contributed by atoms with Crippen molar-refractivity contribution in [1.82, 2.24) is 0 Å². The van der Waals surface area contributed by atoms with Gasteiger partial charge in [0.2, 0.25) is 0 Å². The van der Waals surface area contributed by atoms with Crippen molar-refractivity contribution in [3.8, 4) is 23.3 Å². The molecule has 0 unspecified atom stereocenters. The van der Waals surface area contributed by atoms with Gasteiger partial charge in [-0.05, 0) is 24.3 Å². The Hall–Kier alpha value is -2.80. The van der Waals surface area contributed by atoms with E-state index in [9.17, 15) is 4.79 Å². The molecule has 0 bridgehead atoms. The lowest BCUT2D eigenvalue weighted by Crippen LogP contribution is -1.92. The van der Waals surface area contributed by atoms with Crippen molar-refractivity contribution in [2.45, 2.75) is 0 Å². The molecular formula is C15H11NO3. The number of carbonyl (C=O) groups is 1. The Kier molecular flexibility index (Phi) is 3.79. The molecule has 0 spiro atoms. The van der Waals surface area contributed by atoms with Crippen LogP contribution in [-0.4, -0.2) is 13.4 Å². The average molecular weight is 253 g/mol. The highest BCUT2D eigenvalue weighted by Gasteiger charge is 2.06. The second kappa shape index (κ2) is 5.69. The van der Waals surface area contributed by atoms with E-state index >= 15 is 0 Å². The fourth-order valence-electron chi connectivity index (χ4n) is 1.61. The van der Waals surface area contributed by atoms with E-state index in [1.807, 2.05) is 6.07 Å². The predicted molar refractivity (Wildman–Crippen MR) is 69.6 cm³/mol. The molecule has 0 atom stereocenters. The first kappa shape index (κ1) is 12.7. The number of nitriles is 1. The molecule has 0 fully saturated rings. The Bertz CT molecular complexity index is 644. The first-order chi connectivity index (χ1) is 9.26. The molecule has 0 aliphatic rings. The third-order valence-corrected chi connectivity index (χ3v) is 2.52. The number of aldehydes is 1. The van der Waals surface area contributed by atoms with Crippen LogP contribution in [0.3, 0.4) is 0 Å². The highest BCUT2D eigenvalue weighted by atomic mass is 16.5. The molecule has 0 N–H and O–H groups in total. The summed E-state index contributed by atoms with van der Waals surface area (Å²) in [4.78, 5) is 10.9. The topological polar surface area (TPSA) is 59.3 Å². The molecule has 0 saturated heterocycles. The Morgan fingerprint density at radius 1 is 1.16 bits per heavy atom. The zero-order chi connectivity index (χ0) is 13.7. The van der Waals surface area contributed by atoms with E-state index in [0.29, 0.717) is 28.4 Å². The molecule has 0 heterocycles. The van der Waals surface area contributed by atoms with Crippen molar-refractivity contribution in [3.05, 3.63) is 53.6 Å². The van der Waals surface area contributed by atoms with Crippen LogP contribution in [0.1, 0.15) is 15.9 Å². The summed E-state index contributed by atoms with van der Waals surface area (Å²) in [7, 11) is 1.51. The first-order valence-corrected chi connectivity index (χ1v) is 5.58. The zero-order valence-corrected chi connectivity index (χ0v) is 10.3. The summed E-state index contributed by atoms with van der Waals surface area (Å²) in [6, 6.07) is 13.8. The summed E-state index contributed by atoms with van der Waals surface area (Å²) < 4.78 is 10.7. The van der Waals surface area contributed by atoms with E-state index < -0.39 is 0 Å². The lowest BCUT2D eigenvalue weighted by atomic mass is 10.2. The highest BCUT2D eigenvalue weighted by Crippen LogP contribution is 2.28. The molecule has 0 saturated carbocycles. The second-order valence-electron chi connectivity index (χ2n) is 3.77. The van der Waals surface area contributed by atoms with Crippen LogP contribution >= 0.6 is 0 Å². The average Bonchev–Trinajstić information content (AvgIpc) is 2.47. The highest BCUT2D eigenvalue weighted by molar-refractivity contribution is 5.79. The Morgan fingerprint density at radius 3 is 2.58 bits per heavy atom. The van der Waals surface area contributed by atoms with Gasteiger partial charge in [-0.25, -0.2) is 0 Å². The van der Waals surface area contributed by atoms with Crippen LogP contribution in [0.25, 0.3) is 0 Å². The molecule has 2 aromatic rings. The fraction of sp³-hybridized carbons (Fsp3) is 0.0667. The monoisotopic (exact) mass is 253 g/mol. The fourth-order valence-corrected chi connectivity index (χ4v) is 1.61. The molecule has 2 aromatic carbocycles. The SMILES string of the molecule is COc1cc(C#N)cc(Oc2ccccc2C=O)c1. The molecular weight excluding hydrogens is 242 g/mol. The minimum absolute atomic E-state index is 0.429. The smallest absolute Gasteiger partial charge is 0.153 e. The van der Waals surface area contributed by atoms with Crippen molar-refractivity contribution >= 4 is 6.29 Å². The summed E-state index contributed by atoms with van der Waals surface area (Å²) >= 11 is 0. The van der Waals surface area contributed by atoms with Crippen LogP contribution in [-0.2, 0) is 0 Å². The van der Waals surface area contributed by atoms with Crippen LogP contribution in [0.5, 0.6) is 17.2 Å². The number of benzene rings is 2. The van der Waals surface area contributed by atoms with Gasteiger partial charge in [-0.3, -0.25) is 4.79 Å². The van der Waals surface area contributed by atoms with E-state index in [1.54, 1.807) is 42.5 Å². The summed E-state index contributed by atoms with van der Waals surface area (Å²) in [5.74, 6) is 1.41. The maximum Gasteiger partial charge on any atom is 0.153 e. The first-order valence-electron chi connectivity index (χ1n) is 5.58. The molecule has 0 aliphatic carbocycles. The lowest BCUT2D eigenvalue weighted by Gasteiger charge is -2.09. The van der Waals surface area contributed by atoms with E-state index in [1.165, 1.54) is 7.11 Å². The van der Waals surface area contributed by atoms with Crippen LogP contribution in [0.15, 0.2) is 42.5 Å². The van der Waals surface area contributed by atoms with Crippen molar-refractivity contribution in [1.29, 1.82) is 5.26 Å². The predicted octanol–water partition coefficient (Wildman–Crippen LogP) is 3.17. The maximum atomic E-state index is 10.9. The van der Waals surface area contributed by atoms with Crippen LogP contribution in [0.4, 0.5) is 0 Å². The summed E-state index contributed by atoms with van der Waals surface area (Å²) in [5, 5.41) is 8.93. The molecule has 4 nitrogen and oxygen atoms in total. The van der Waals surface area contributed by atoms with E-state index in [2.05, 4.69) is 0 Å². The molecule has 0 aliphatic heterocycles. The summed E-state index contributed by atoms with van der Waals surface area (Å²) in [6.07, 6.45) is 0.723. The van der Waals surface area contributed by atoms with E-state index in [4.69, 9.17) is 14.7 Å². The van der Waals surface area contributed by atoms with E-state index in [-0.39, 0.29) is 0 Å². The van der Waals surface area contributed by atoms with Crippen LogP contribution in [0.2, 0.25) is 0 Å². The Morgan fingerprint density at radius 2 is 1.89 bits per heavy atom. The van der Waals surface area contributed by atoms with Gasteiger partial charge in [0.1, 0.15) is 17.2 Å². The van der Waals surface area contributed by atoms with Crippen molar-refractivity contribution in [2.24, 2.45) is 0 Å². The third kappa shape index (κ3) is 2.90. The van der Waals surface area contributed by atoms with Gasteiger partial charge in [-0.1, -0.05) is 12.1 Å². The Labute approximate surface area is 110 Å². The van der Waals surface area contributed by atoms with Gasteiger partial charge in [-0.2, -0.15) is 5.26 Å². The number of nitrogens with zero attached hydrogens (tertiary/aromatic N) is 1. The van der Waals surface area contributed by atoms with Crippen LogP contribution < -0.4 is 9.47 Å². The molecule has 0 aromatic heterocycles. The number of methoxy groups -OCH3 is 1. The van der Waals surface area contributed by atoms with Crippen molar-refractivity contribution in [3.63, 3.8) is 0 Å². The summed E-state index contributed by atoms with van der Waals surface area (Å²) in [6.45, 7) is 0. The normalized spacial score (nSPS) is 9.47. The minimum atomic E-state index is 0.429. The minimum Gasteiger partial charge on any atom is -0.497 e. The molecule has 19 heavy (non-hydrogen) atoms. The zero-order valence-electron chi connectivity index (χ0n) is 10.3. The quantitative estimate of drug-likeness (QED) is 0.785. The van der Waals surface area contributed by atoms with Gasteiger partial charge >= 0.3 is 0 Å². The third-order valence-electron chi connectivity index (χ3n) is 2.52. The molecule has 94 valence electrons. The number of hydrogen-bond donors (Lipinski definition) is 0. The van der Waals surface area contributed by atoms with Gasteiger partial charge in [0.05, 0.1) is 24.3 Å². The van der Waals surface area contributed by atoms with Crippen LogP contribution in [0, 0.1) is 11.3 Å². The molecule has 4 heteroatoms. The van der Waals surface area contributed by atoms with Gasteiger partial charge < -0.3 is 9.47 Å². The lowest BCUT2D eigenvalue weighted by molar-refractivity contribution is 0.112. The maximum absolute atomic E-state index is 10.9. The molecule has 0 amide bonds. The number of ether oxygens (including phenoxy) is 2. The second-order valence-corrected chi connectivity index (χ2v) is 3.77. The molecule has 0 radical (unpaired) electrons. The van der Waals surface area contributed by atoms with Crippen molar-refractivity contribution in [2.75, 3.05) is 7.11 Å². The number of rotatable bonds is 4. The van der Waals surface area contributed by atoms with Gasteiger partial charge in [0.25, 0.3) is 0 Å². The van der Waals surface area contributed by atoms with E-state index in [0.717, 1.165) is 6.29 Å². The summed E-state index contributed by atoms with van der Waals surface area (Å²) in [5.41, 5.74) is 0.877. The number of hydrogen-bond acceptors (Lipinski definition) is 4. The van der Waals surface area contributed by atoms with Crippen molar-refractivity contribution < 1.29 is 14.3 Å². The largest absolute Gasteiger partial charge is 0.497 e. The van der Waals surface area contributed by atoms with Gasteiger partial charge in [-0.15, -0.1) is 0 Å². The molecule has 2 rings (SSSR count). The number of carbonyl (C=O) groups excluding carboxylic acids is 1. The Balaban J connectivity index is 2.38. The van der Waals surface area contributed by atoms with Gasteiger partial charge in [0, 0.05) is 6.07 Å². The van der Waals surface area contributed by atoms with Gasteiger partial charge in [0.15, 0.2) is 6.29 Å². The standard InChI is InChI=1S/C15H11NO3/c1-18-13-6-11(9-16)7-14(8-13)19-15-5-3-2-4-12(15)10-17/h2-8,10H,1H3.